The zero-order valence-electron chi connectivity index (χ0n) is 20.2. The number of amides is 1. The number of unbranched alkanes of at least 4 members (excludes halogenated alkanes) is 1. The van der Waals surface area contributed by atoms with Crippen LogP contribution in [0.5, 0.6) is 0 Å². The van der Waals surface area contributed by atoms with Gasteiger partial charge in [-0.15, -0.1) is 11.3 Å². The predicted molar refractivity (Wildman–Crippen MR) is 134 cm³/mol. The van der Waals surface area contributed by atoms with E-state index in [0.29, 0.717) is 22.7 Å². The first-order chi connectivity index (χ1) is 16.2. The molecule has 34 heavy (non-hydrogen) atoms. The fourth-order valence-electron chi connectivity index (χ4n) is 4.00. The molecule has 8 nitrogen and oxygen atoms in total. The summed E-state index contributed by atoms with van der Waals surface area (Å²) in [6.07, 6.45) is 3.45. The van der Waals surface area contributed by atoms with Gasteiger partial charge in [-0.05, 0) is 55.6 Å². The van der Waals surface area contributed by atoms with Gasteiger partial charge >= 0.3 is 5.97 Å². The summed E-state index contributed by atoms with van der Waals surface area (Å²) in [6, 6.07) is 5.86. The van der Waals surface area contributed by atoms with Crippen molar-refractivity contribution in [2.45, 2.75) is 51.0 Å². The number of carbonyl (C=O) groups is 2. The molecule has 2 heterocycles. The maximum atomic E-state index is 13.0. The van der Waals surface area contributed by atoms with Gasteiger partial charge < -0.3 is 10.1 Å². The van der Waals surface area contributed by atoms with Crippen molar-refractivity contribution in [2.75, 3.05) is 39.1 Å². The molecule has 0 radical (unpaired) electrons. The maximum absolute atomic E-state index is 13.0. The minimum absolute atomic E-state index is 0.139. The molecule has 0 atom stereocenters. The third-order valence-electron chi connectivity index (χ3n) is 5.94. The van der Waals surface area contributed by atoms with E-state index in [4.69, 9.17) is 4.74 Å². The second-order valence-corrected chi connectivity index (χ2v) is 11.5. The Morgan fingerprint density at radius 2 is 1.88 bits per heavy atom. The lowest BCUT2D eigenvalue weighted by atomic mass is 10.0. The van der Waals surface area contributed by atoms with E-state index in [0.717, 1.165) is 55.8 Å². The summed E-state index contributed by atoms with van der Waals surface area (Å²) in [5.74, 6) is -0.870. The number of carbonyl (C=O) groups excluding carboxylic acids is 2. The fraction of sp³-hybridized carbons (Fsp3) is 0.500. The Morgan fingerprint density at radius 3 is 2.50 bits per heavy atom. The largest absolute Gasteiger partial charge is 0.465 e. The highest BCUT2D eigenvalue weighted by Crippen LogP contribution is 2.38. The van der Waals surface area contributed by atoms with E-state index in [1.165, 1.54) is 47.0 Å². The number of hydrogen-bond donors (Lipinski definition) is 1. The smallest absolute Gasteiger partial charge is 0.341 e. The van der Waals surface area contributed by atoms with E-state index in [1.807, 2.05) is 6.92 Å². The zero-order valence-corrected chi connectivity index (χ0v) is 21.9. The zero-order chi connectivity index (χ0) is 24.9. The number of benzene rings is 1. The average molecular weight is 508 g/mol. The molecular formula is C24H33N3O5S2. The highest BCUT2D eigenvalue weighted by Gasteiger charge is 2.29. The first-order valence-electron chi connectivity index (χ1n) is 11.6. The number of esters is 1. The van der Waals surface area contributed by atoms with Crippen LogP contribution in [0.1, 0.15) is 64.3 Å². The van der Waals surface area contributed by atoms with Gasteiger partial charge in [0.1, 0.15) is 5.00 Å². The summed E-state index contributed by atoms with van der Waals surface area (Å²) in [4.78, 5) is 29.0. The predicted octanol–water partition coefficient (Wildman–Crippen LogP) is 3.98. The number of fused-ring (bicyclic) bond motifs is 1. The van der Waals surface area contributed by atoms with E-state index < -0.39 is 21.9 Å². The monoisotopic (exact) mass is 507 g/mol. The number of sulfonamides is 1. The summed E-state index contributed by atoms with van der Waals surface area (Å²) in [7, 11) is -0.718. The van der Waals surface area contributed by atoms with Gasteiger partial charge in [0.05, 0.1) is 17.6 Å². The van der Waals surface area contributed by atoms with Crippen molar-refractivity contribution in [2.24, 2.45) is 0 Å². The molecule has 1 N–H and O–H groups in total. The molecule has 1 amide bonds. The molecule has 0 spiro atoms. The summed E-state index contributed by atoms with van der Waals surface area (Å²) in [5, 5.41) is 3.32. The third kappa shape index (κ3) is 5.68. The Labute approximate surface area is 205 Å². The molecule has 186 valence electrons. The van der Waals surface area contributed by atoms with Crippen LogP contribution in [0.2, 0.25) is 0 Å². The van der Waals surface area contributed by atoms with Crippen molar-refractivity contribution < 1.29 is 22.7 Å². The Hall–Kier alpha value is -2.27. The fourth-order valence-corrected chi connectivity index (χ4v) is 6.49. The van der Waals surface area contributed by atoms with Crippen LogP contribution in [0.4, 0.5) is 5.00 Å². The van der Waals surface area contributed by atoms with Crippen LogP contribution in [0.25, 0.3) is 0 Å². The topological polar surface area (TPSA) is 96.0 Å². The first-order valence-corrected chi connectivity index (χ1v) is 13.8. The summed E-state index contributed by atoms with van der Waals surface area (Å²) in [6.45, 7) is 7.16. The van der Waals surface area contributed by atoms with Crippen LogP contribution in [0.15, 0.2) is 29.2 Å². The second kappa shape index (κ2) is 11.4. The Bertz CT molecular complexity index is 1130. The number of rotatable bonds is 10. The average Bonchev–Trinajstić information content (AvgIpc) is 3.19. The molecule has 0 unspecified atom stereocenters. The normalized spacial score (nSPS) is 14.1. The van der Waals surface area contributed by atoms with Gasteiger partial charge in [0.15, 0.2) is 0 Å². The number of ether oxygens (including phenoxy) is 1. The molecule has 1 aromatic carbocycles. The number of nitrogens with zero attached hydrogens (tertiary/aromatic N) is 2. The van der Waals surface area contributed by atoms with Crippen LogP contribution >= 0.6 is 11.3 Å². The van der Waals surface area contributed by atoms with Crippen LogP contribution in [-0.2, 0) is 27.7 Å². The quantitative estimate of drug-likeness (QED) is 0.489. The van der Waals surface area contributed by atoms with Crippen molar-refractivity contribution in [3.63, 3.8) is 0 Å². The third-order valence-corrected chi connectivity index (χ3v) is 8.95. The van der Waals surface area contributed by atoms with E-state index >= 15 is 0 Å². The van der Waals surface area contributed by atoms with Crippen molar-refractivity contribution in [3.05, 3.63) is 45.8 Å². The van der Waals surface area contributed by atoms with Gasteiger partial charge in [-0.2, -0.15) is 0 Å². The van der Waals surface area contributed by atoms with E-state index in [2.05, 4.69) is 17.1 Å². The van der Waals surface area contributed by atoms with Crippen molar-refractivity contribution in [1.29, 1.82) is 0 Å². The first kappa shape index (κ1) is 26.3. The highest BCUT2D eigenvalue weighted by atomic mass is 32.2. The number of anilines is 1. The Morgan fingerprint density at radius 1 is 1.18 bits per heavy atom. The van der Waals surface area contributed by atoms with Gasteiger partial charge in [-0.25, -0.2) is 17.5 Å². The summed E-state index contributed by atoms with van der Waals surface area (Å²) >= 11 is 1.40. The van der Waals surface area contributed by atoms with Crippen molar-refractivity contribution in [1.82, 2.24) is 9.21 Å². The van der Waals surface area contributed by atoms with Crippen LogP contribution in [-0.4, -0.2) is 63.3 Å². The SMILES string of the molecule is CCCCN(C)S(=O)(=O)c1ccc(C(=O)Nc2sc3c(c2C(=O)OC)CCN(CCC)C3)cc1. The minimum atomic E-state index is -3.61. The molecular weight excluding hydrogens is 474 g/mol. The Balaban J connectivity index is 1.81. The van der Waals surface area contributed by atoms with Crippen LogP contribution in [0, 0.1) is 0 Å². The molecule has 2 aromatic rings. The van der Waals surface area contributed by atoms with Gasteiger partial charge in [-0.1, -0.05) is 20.3 Å². The lowest BCUT2D eigenvalue weighted by Crippen LogP contribution is -2.30. The van der Waals surface area contributed by atoms with Crippen LogP contribution in [0.3, 0.4) is 0 Å². The summed E-state index contributed by atoms with van der Waals surface area (Å²) in [5.41, 5.74) is 1.67. The van der Waals surface area contributed by atoms with Gasteiger partial charge in [0.2, 0.25) is 10.0 Å². The molecule has 0 saturated carbocycles. The van der Waals surface area contributed by atoms with E-state index in [9.17, 15) is 18.0 Å². The lowest BCUT2D eigenvalue weighted by Gasteiger charge is -2.26. The molecule has 0 saturated heterocycles. The number of nitrogens with one attached hydrogen (secondary N) is 1. The molecule has 1 aliphatic rings. The number of methoxy groups -OCH3 is 1. The minimum Gasteiger partial charge on any atom is -0.465 e. The van der Waals surface area contributed by atoms with Gasteiger partial charge in [0.25, 0.3) is 5.91 Å². The molecule has 3 rings (SSSR count). The van der Waals surface area contributed by atoms with Crippen molar-refractivity contribution >= 4 is 38.2 Å². The standard InChI is InChI=1S/C24H33N3O5S2/c1-5-7-14-26(3)34(30,31)18-10-8-17(9-11-18)22(28)25-23-21(24(29)32-4)19-12-15-27(13-6-2)16-20(19)33-23/h8-11H,5-7,12-16H2,1-4H3,(H,25,28). The molecule has 1 aromatic heterocycles. The van der Waals surface area contributed by atoms with E-state index in [-0.39, 0.29) is 4.90 Å². The number of hydrogen-bond acceptors (Lipinski definition) is 7. The van der Waals surface area contributed by atoms with E-state index in [1.54, 1.807) is 7.05 Å². The number of thiophene rings is 1. The molecule has 10 heteroatoms. The highest BCUT2D eigenvalue weighted by molar-refractivity contribution is 7.89. The molecule has 0 fully saturated rings. The van der Waals surface area contributed by atoms with Crippen molar-refractivity contribution in [3.8, 4) is 0 Å². The second-order valence-electron chi connectivity index (χ2n) is 8.38. The van der Waals surface area contributed by atoms with Gasteiger partial charge in [-0.3, -0.25) is 9.69 Å². The summed E-state index contributed by atoms with van der Waals surface area (Å²) < 4.78 is 31.8. The maximum Gasteiger partial charge on any atom is 0.341 e. The van der Waals surface area contributed by atoms with Gasteiger partial charge in [0, 0.05) is 37.1 Å². The molecule has 1 aliphatic heterocycles. The molecule has 0 bridgehead atoms. The molecule has 0 aliphatic carbocycles. The Kier molecular flexibility index (Phi) is 8.86. The lowest BCUT2D eigenvalue weighted by molar-refractivity contribution is 0.0600. The van der Waals surface area contributed by atoms with Crippen LogP contribution < -0.4 is 5.32 Å².